The first-order valence-corrected chi connectivity index (χ1v) is 9.04. The number of amides is 1. The summed E-state index contributed by atoms with van der Waals surface area (Å²) < 4.78 is 5.17. The Balaban J connectivity index is 2.06. The van der Waals surface area contributed by atoms with E-state index in [0.29, 0.717) is 10.6 Å². The molecule has 148 valence electrons. The third-order valence-corrected chi connectivity index (χ3v) is 4.46. The van der Waals surface area contributed by atoms with E-state index in [0.717, 1.165) is 5.56 Å². The number of para-hydroxylation sites is 1. The van der Waals surface area contributed by atoms with Crippen LogP contribution in [0.25, 0.3) is 0 Å². The summed E-state index contributed by atoms with van der Waals surface area (Å²) in [6.45, 7) is 4.85. The number of hydrogen-bond acceptors (Lipinski definition) is 5. The first-order chi connectivity index (χ1) is 13.2. The molecule has 0 heterocycles. The number of aryl methyl sites for hydroxylation is 1. The topological polar surface area (TPSA) is 98.5 Å². The van der Waals surface area contributed by atoms with Crippen molar-refractivity contribution >= 4 is 34.9 Å². The maximum atomic E-state index is 12.5. The third-order valence-electron chi connectivity index (χ3n) is 4.21. The molecule has 0 aliphatic carbocycles. The number of ether oxygens (including phenoxy) is 1. The maximum Gasteiger partial charge on any atom is 0.314 e. The smallest absolute Gasteiger partial charge is 0.314 e. The van der Waals surface area contributed by atoms with Gasteiger partial charge in [0.05, 0.1) is 10.8 Å². The number of nitro groups is 1. The minimum Gasteiger partial charge on any atom is -0.455 e. The number of anilines is 1. The molecule has 0 fully saturated rings. The molecule has 28 heavy (non-hydrogen) atoms. The van der Waals surface area contributed by atoms with Crippen molar-refractivity contribution in [1.82, 2.24) is 0 Å². The van der Waals surface area contributed by atoms with E-state index in [-0.39, 0.29) is 17.3 Å². The van der Waals surface area contributed by atoms with Crippen molar-refractivity contribution in [2.45, 2.75) is 26.7 Å². The number of nitrogens with one attached hydrogen (secondary N) is 1. The van der Waals surface area contributed by atoms with E-state index in [1.54, 1.807) is 37.3 Å². The summed E-state index contributed by atoms with van der Waals surface area (Å²) in [5.41, 5.74) is 1.14. The van der Waals surface area contributed by atoms with Crippen LogP contribution >= 0.6 is 11.6 Å². The fourth-order valence-corrected chi connectivity index (χ4v) is 2.96. The van der Waals surface area contributed by atoms with Crippen LogP contribution < -0.4 is 5.32 Å². The summed E-state index contributed by atoms with van der Waals surface area (Å²) in [7, 11) is 0. The van der Waals surface area contributed by atoms with Gasteiger partial charge in [-0.3, -0.25) is 19.7 Å². The summed E-state index contributed by atoms with van der Waals surface area (Å²) >= 11 is 5.89. The van der Waals surface area contributed by atoms with E-state index in [9.17, 15) is 19.7 Å². The normalized spacial score (nSPS) is 11.8. The van der Waals surface area contributed by atoms with Gasteiger partial charge in [-0.15, -0.1) is 0 Å². The van der Waals surface area contributed by atoms with Gasteiger partial charge in [-0.05, 0) is 36.1 Å². The highest BCUT2D eigenvalue weighted by Gasteiger charge is 2.27. The number of esters is 1. The average molecular weight is 405 g/mol. The van der Waals surface area contributed by atoms with Gasteiger partial charge in [0.1, 0.15) is 5.69 Å². The zero-order valence-corrected chi connectivity index (χ0v) is 16.5. The summed E-state index contributed by atoms with van der Waals surface area (Å²) in [6, 6.07) is 11.3. The van der Waals surface area contributed by atoms with Gasteiger partial charge >= 0.3 is 5.97 Å². The lowest BCUT2D eigenvalue weighted by Gasteiger charge is -2.20. The minimum atomic E-state index is -0.649. The SMILES string of the molecule is Cc1cccc([N+](=O)[O-])c1NC(=O)COC(=O)[C@@H](c1ccc(Cl)cc1)C(C)C. The van der Waals surface area contributed by atoms with Gasteiger partial charge in [-0.2, -0.15) is 0 Å². The van der Waals surface area contributed by atoms with Crippen molar-refractivity contribution in [1.29, 1.82) is 0 Å². The van der Waals surface area contributed by atoms with E-state index >= 15 is 0 Å². The lowest BCUT2D eigenvalue weighted by Crippen LogP contribution is -2.26. The molecule has 0 saturated carbocycles. The number of nitrogens with zero attached hydrogens (tertiary/aromatic N) is 1. The highest BCUT2D eigenvalue weighted by molar-refractivity contribution is 6.30. The second-order valence-electron chi connectivity index (χ2n) is 6.66. The number of hydrogen-bond donors (Lipinski definition) is 1. The third kappa shape index (κ3) is 5.29. The fourth-order valence-electron chi connectivity index (χ4n) is 2.83. The van der Waals surface area contributed by atoms with E-state index in [1.807, 2.05) is 13.8 Å². The standard InChI is InChI=1S/C20H21ClN2O5/c1-12(2)18(14-7-9-15(21)10-8-14)20(25)28-11-17(24)22-19-13(3)5-4-6-16(19)23(26)27/h4-10,12,18H,11H2,1-3H3,(H,22,24)/t18-/m1/s1. The molecule has 8 heteroatoms. The molecular weight excluding hydrogens is 384 g/mol. The van der Waals surface area contributed by atoms with Gasteiger partial charge in [0.15, 0.2) is 6.61 Å². The van der Waals surface area contributed by atoms with Crippen LogP contribution in [0, 0.1) is 23.0 Å². The Bertz CT molecular complexity index is 881. The number of nitro benzene ring substituents is 1. The van der Waals surface area contributed by atoms with Gasteiger partial charge in [-0.25, -0.2) is 0 Å². The van der Waals surface area contributed by atoms with Crippen molar-refractivity contribution in [3.8, 4) is 0 Å². The van der Waals surface area contributed by atoms with Crippen LogP contribution in [0.4, 0.5) is 11.4 Å². The van der Waals surface area contributed by atoms with Crippen LogP contribution in [0.15, 0.2) is 42.5 Å². The number of halogens is 1. The van der Waals surface area contributed by atoms with E-state index in [1.165, 1.54) is 12.1 Å². The zero-order chi connectivity index (χ0) is 20.8. The van der Waals surface area contributed by atoms with Crippen LogP contribution in [-0.2, 0) is 14.3 Å². The molecule has 0 spiro atoms. The summed E-state index contributed by atoms with van der Waals surface area (Å²) in [6.07, 6.45) is 0. The lowest BCUT2D eigenvalue weighted by molar-refractivity contribution is -0.384. The molecule has 2 aromatic rings. The number of carbonyl (C=O) groups excluding carboxylic acids is 2. The quantitative estimate of drug-likeness (QED) is 0.416. The van der Waals surface area contributed by atoms with Crippen LogP contribution in [0.1, 0.15) is 30.9 Å². The van der Waals surface area contributed by atoms with Crippen molar-refractivity contribution < 1.29 is 19.2 Å². The van der Waals surface area contributed by atoms with Crippen LogP contribution in [0.2, 0.25) is 5.02 Å². The second kappa shape index (κ2) is 9.32. The van der Waals surface area contributed by atoms with E-state index in [4.69, 9.17) is 16.3 Å². The molecule has 1 atom stereocenters. The van der Waals surface area contributed by atoms with Gasteiger partial charge < -0.3 is 10.1 Å². The van der Waals surface area contributed by atoms with Crippen molar-refractivity contribution in [3.63, 3.8) is 0 Å². The highest BCUT2D eigenvalue weighted by Crippen LogP contribution is 2.28. The first-order valence-electron chi connectivity index (χ1n) is 8.66. The molecule has 0 aliphatic rings. The molecule has 1 amide bonds. The number of carbonyl (C=O) groups is 2. The molecule has 0 aliphatic heterocycles. The predicted octanol–water partition coefficient (Wildman–Crippen LogP) is 4.48. The van der Waals surface area contributed by atoms with Crippen molar-refractivity contribution in [2.24, 2.45) is 5.92 Å². The van der Waals surface area contributed by atoms with Crippen LogP contribution in [0.5, 0.6) is 0 Å². The summed E-state index contributed by atoms with van der Waals surface area (Å²) in [4.78, 5) is 35.3. The summed E-state index contributed by atoms with van der Waals surface area (Å²) in [5, 5.41) is 14.1. The Morgan fingerprint density at radius 3 is 2.39 bits per heavy atom. The Morgan fingerprint density at radius 1 is 1.18 bits per heavy atom. The largest absolute Gasteiger partial charge is 0.455 e. The van der Waals surface area contributed by atoms with Crippen LogP contribution in [0.3, 0.4) is 0 Å². The molecule has 2 rings (SSSR count). The van der Waals surface area contributed by atoms with Gasteiger partial charge in [-0.1, -0.05) is 49.7 Å². The number of rotatable bonds is 7. The fraction of sp³-hybridized carbons (Fsp3) is 0.300. The highest BCUT2D eigenvalue weighted by atomic mass is 35.5. The molecule has 0 aromatic heterocycles. The lowest BCUT2D eigenvalue weighted by atomic mass is 9.88. The van der Waals surface area contributed by atoms with Gasteiger partial charge in [0, 0.05) is 11.1 Å². The Morgan fingerprint density at radius 2 is 1.82 bits per heavy atom. The zero-order valence-electron chi connectivity index (χ0n) is 15.8. The number of benzene rings is 2. The molecule has 7 nitrogen and oxygen atoms in total. The van der Waals surface area contributed by atoms with Gasteiger partial charge in [0.25, 0.3) is 11.6 Å². The van der Waals surface area contributed by atoms with Gasteiger partial charge in [0.2, 0.25) is 0 Å². The second-order valence-corrected chi connectivity index (χ2v) is 7.09. The molecular formula is C20H21ClN2O5. The molecule has 2 aromatic carbocycles. The monoisotopic (exact) mass is 404 g/mol. The molecule has 0 saturated heterocycles. The average Bonchev–Trinajstić information content (AvgIpc) is 2.63. The predicted molar refractivity (Wildman–Crippen MR) is 106 cm³/mol. The molecule has 1 N–H and O–H groups in total. The van der Waals surface area contributed by atoms with Crippen LogP contribution in [-0.4, -0.2) is 23.4 Å². The van der Waals surface area contributed by atoms with E-state index < -0.39 is 29.3 Å². The van der Waals surface area contributed by atoms with Crippen molar-refractivity contribution in [3.05, 3.63) is 68.7 Å². The van der Waals surface area contributed by atoms with Crippen molar-refractivity contribution in [2.75, 3.05) is 11.9 Å². The molecule has 0 radical (unpaired) electrons. The van der Waals surface area contributed by atoms with E-state index in [2.05, 4.69) is 5.32 Å². The molecule has 0 unspecified atom stereocenters. The first kappa shape index (κ1) is 21.4. The minimum absolute atomic E-state index is 0.0609. The Kier molecular flexibility index (Phi) is 7.12. The maximum absolute atomic E-state index is 12.5. The molecule has 0 bridgehead atoms. The summed E-state index contributed by atoms with van der Waals surface area (Å²) in [5.74, 6) is -1.82. The Hall–Kier alpha value is -2.93. The Labute approximate surface area is 167 Å².